The minimum Gasteiger partial charge on any atom is -0.476 e. The highest BCUT2D eigenvalue weighted by Crippen LogP contribution is 2.18. The first-order valence-electron chi connectivity index (χ1n) is 5.75. The summed E-state index contributed by atoms with van der Waals surface area (Å²) < 4.78 is 14.0. The number of hydrazone groups is 1. The highest BCUT2D eigenvalue weighted by Gasteiger charge is 2.14. The van der Waals surface area contributed by atoms with Crippen molar-refractivity contribution in [3.63, 3.8) is 0 Å². The van der Waals surface area contributed by atoms with Gasteiger partial charge in [0.15, 0.2) is 5.71 Å². The molecule has 0 radical (unpaired) electrons. The molecule has 2 rings (SSSR count). The average molecular weight is 372 g/mol. The number of anilines is 1. The van der Waals surface area contributed by atoms with Crippen LogP contribution in [0.2, 0.25) is 5.02 Å². The summed E-state index contributed by atoms with van der Waals surface area (Å²) in [5.74, 6) is -1.87. The molecule has 0 saturated carbocycles. The predicted molar refractivity (Wildman–Crippen MR) is 83.3 cm³/mol. The molecule has 0 aromatic heterocycles. The molecular formula is C14H9BrClFN2O2. The summed E-state index contributed by atoms with van der Waals surface area (Å²) in [5, 5.41) is 12.9. The molecule has 108 valence electrons. The molecule has 0 aliphatic heterocycles. The van der Waals surface area contributed by atoms with Gasteiger partial charge in [-0.25, -0.2) is 9.18 Å². The summed E-state index contributed by atoms with van der Waals surface area (Å²) in [6, 6.07) is 10.6. The van der Waals surface area contributed by atoms with Gasteiger partial charge < -0.3 is 5.11 Å². The summed E-state index contributed by atoms with van der Waals surface area (Å²) in [6.45, 7) is 0. The Morgan fingerprint density at radius 2 is 1.90 bits per heavy atom. The predicted octanol–water partition coefficient (Wildman–Crippen LogP) is 4.14. The molecule has 0 spiro atoms. The Morgan fingerprint density at radius 3 is 2.48 bits per heavy atom. The largest absolute Gasteiger partial charge is 0.476 e. The molecule has 4 nitrogen and oxygen atoms in total. The van der Waals surface area contributed by atoms with Gasteiger partial charge in [-0.1, -0.05) is 27.5 Å². The van der Waals surface area contributed by atoms with E-state index in [1.54, 1.807) is 24.3 Å². The van der Waals surface area contributed by atoms with Gasteiger partial charge in [-0.3, -0.25) is 5.43 Å². The van der Waals surface area contributed by atoms with E-state index in [2.05, 4.69) is 26.5 Å². The molecule has 0 heterocycles. The number of nitrogens with zero attached hydrogens (tertiary/aromatic N) is 1. The van der Waals surface area contributed by atoms with E-state index in [1.165, 1.54) is 12.1 Å². The lowest BCUT2D eigenvalue weighted by Gasteiger charge is -2.05. The maximum absolute atomic E-state index is 13.1. The van der Waals surface area contributed by atoms with Crippen molar-refractivity contribution in [3.05, 3.63) is 63.3 Å². The summed E-state index contributed by atoms with van der Waals surface area (Å²) in [6.07, 6.45) is 0. The lowest BCUT2D eigenvalue weighted by Crippen LogP contribution is -2.16. The fraction of sp³-hybridized carbons (Fsp3) is 0. The lowest BCUT2D eigenvalue weighted by molar-refractivity contribution is -0.129. The van der Waals surface area contributed by atoms with E-state index in [-0.39, 0.29) is 16.3 Å². The molecule has 0 bridgehead atoms. The molecule has 0 unspecified atom stereocenters. The first-order chi connectivity index (χ1) is 9.97. The van der Waals surface area contributed by atoms with Gasteiger partial charge in [0.1, 0.15) is 5.82 Å². The summed E-state index contributed by atoms with van der Waals surface area (Å²) in [5.41, 5.74) is 3.19. The Kier molecular flexibility index (Phi) is 4.93. The average Bonchev–Trinajstić information content (AvgIpc) is 2.44. The van der Waals surface area contributed by atoms with Crippen molar-refractivity contribution in [2.45, 2.75) is 0 Å². The molecule has 2 aromatic rings. The topological polar surface area (TPSA) is 61.7 Å². The van der Waals surface area contributed by atoms with Gasteiger partial charge in [0.25, 0.3) is 0 Å². The van der Waals surface area contributed by atoms with Gasteiger partial charge >= 0.3 is 5.97 Å². The second-order valence-corrected chi connectivity index (χ2v) is 5.34. The van der Waals surface area contributed by atoms with Gasteiger partial charge in [0, 0.05) is 10.0 Å². The van der Waals surface area contributed by atoms with Crippen LogP contribution >= 0.6 is 27.5 Å². The molecule has 2 N–H and O–H groups in total. The second kappa shape index (κ2) is 6.69. The van der Waals surface area contributed by atoms with Gasteiger partial charge in [0.05, 0.1) is 10.7 Å². The van der Waals surface area contributed by atoms with E-state index in [0.29, 0.717) is 5.69 Å². The molecule has 0 aliphatic carbocycles. The number of hydrogen-bond acceptors (Lipinski definition) is 3. The second-order valence-electron chi connectivity index (χ2n) is 4.01. The van der Waals surface area contributed by atoms with Gasteiger partial charge in [-0.15, -0.1) is 0 Å². The highest BCUT2D eigenvalue weighted by atomic mass is 79.9. The molecule has 0 amide bonds. The number of carboxylic acid groups (broad SMARTS) is 1. The quantitative estimate of drug-likeness (QED) is 0.627. The Hall–Kier alpha value is -1.92. The van der Waals surface area contributed by atoms with Gasteiger partial charge in [0.2, 0.25) is 0 Å². The number of aliphatic carboxylic acids is 1. The highest BCUT2D eigenvalue weighted by molar-refractivity contribution is 9.10. The van der Waals surface area contributed by atoms with Crippen LogP contribution < -0.4 is 5.43 Å². The number of nitrogens with one attached hydrogen (secondary N) is 1. The van der Waals surface area contributed by atoms with Crippen LogP contribution in [0.25, 0.3) is 0 Å². The fourth-order valence-electron chi connectivity index (χ4n) is 1.52. The third-order valence-corrected chi connectivity index (χ3v) is 3.35. The summed E-state index contributed by atoms with van der Waals surface area (Å²) in [7, 11) is 0. The Labute approximate surface area is 133 Å². The number of benzene rings is 2. The Bertz CT molecular complexity index is 705. The van der Waals surface area contributed by atoms with Crippen molar-refractivity contribution in [2.75, 3.05) is 5.43 Å². The third-order valence-electron chi connectivity index (χ3n) is 2.54. The number of halogens is 3. The molecule has 0 atom stereocenters. The van der Waals surface area contributed by atoms with E-state index in [0.717, 1.165) is 10.5 Å². The van der Waals surface area contributed by atoms with E-state index in [4.69, 9.17) is 11.6 Å². The maximum Gasteiger partial charge on any atom is 0.356 e. The Morgan fingerprint density at radius 1 is 1.24 bits per heavy atom. The first-order valence-corrected chi connectivity index (χ1v) is 6.92. The van der Waals surface area contributed by atoms with E-state index in [1.807, 2.05) is 0 Å². The Balaban J connectivity index is 2.29. The zero-order chi connectivity index (χ0) is 15.4. The minimum atomic E-state index is -1.25. The molecule has 21 heavy (non-hydrogen) atoms. The van der Waals surface area contributed by atoms with Crippen LogP contribution in [0.4, 0.5) is 10.1 Å². The monoisotopic (exact) mass is 370 g/mol. The number of carbonyl (C=O) groups is 1. The number of hydrogen-bond donors (Lipinski definition) is 2. The molecule has 2 aromatic carbocycles. The standard InChI is InChI=1S/C14H9BrClFN2O2/c15-9-2-4-10(5-3-9)18-19-13(14(20)21)8-1-6-12(17)11(16)7-8/h1-7,18H,(H,20,21)/b19-13-. The summed E-state index contributed by atoms with van der Waals surface area (Å²) >= 11 is 8.94. The van der Waals surface area contributed by atoms with Crippen molar-refractivity contribution >= 4 is 44.9 Å². The van der Waals surface area contributed by atoms with Crippen LogP contribution in [-0.2, 0) is 4.79 Å². The minimum absolute atomic E-state index is 0.162. The first kappa shape index (κ1) is 15.5. The number of rotatable bonds is 4. The van der Waals surface area contributed by atoms with Gasteiger partial charge in [-0.2, -0.15) is 5.10 Å². The van der Waals surface area contributed by atoms with Crippen LogP contribution in [0.15, 0.2) is 52.0 Å². The SMILES string of the molecule is O=C(O)/C(=N\Nc1ccc(Br)cc1)c1ccc(F)c(Cl)c1. The fourth-order valence-corrected chi connectivity index (χ4v) is 1.97. The van der Waals surface area contributed by atoms with Crippen molar-refractivity contribution < 1.29 is 14.3 Å². The van der Waals surface area contributed by atoms with E-state index >= 15 is 0 Å². The van der Waals surface area contributed by atoms with Crippen LogP contribution in [0.1, 0.15) is 5.56 Å². The van der Waals surface area contributed by atoms with E-state index in [9.17, 15) is 14.3 Å². The molecule has 7 heteroatoms. The smallest absolute Gasteiger partial charge is 0.356 e. The van der Waals surface area contributed by atoms with Crippen LogP contribution in [-0.4, -0.2) is 16.8 Å². The zero-order valence-electron chi connectivity index (χ0n) is 10.5. The normalized spacial score (nSPS) is 11.3. The molecular weight excluding hydrogens is 363 g/mol. The summed E-state index contributed by atoms with van der Waals surface area (Å²) in [4.78, 5) is 11.3. The third kappa shape index (κ3) is 4.03. The van der Waals surface area contributed by atoms with E-state index < -0.39 is 11.8 Å². The number of carboxylic acids is 1. The van der Waals surface area contributed by atoms with Crippen LogP contribution in [0, 0.1) is 5.82 Å². The van der Waals surface area contributed by atoms with Crippen LogP contribution in [0.3, 0.4) is 0 Å². The maximum atomic E-state index is 13.1. The zero-order valence-corrected chi connectivity index (χ0v) is 12.8. The lowest BCUT2D eigenvalue weighted by atomic mass is 10.1. The van der Waals surface area contributed by atoms with Crippen molar-refractivity contribution in [1.29, 1.82) is 0 Å². The van der Waals surface area contributed by atoms with Gasteiger partial charge in [-0.05, 0) is 42.5 Å². The molecule has 0 saturated heterocycles. The van der Waals surface area contributed by atoms with Crippen LogP contribution in [0.5, 0.6) is 0 Å². The molecule has 0 aliphatic rings. The van der Waals surface area contributed by atoms with Crippen molar-refractivity contribution in [2.24, 2.45) is 5.10 Å². The van der Waals surface area contributed by atoms with Crippen molar-refractivity contribution in [3.8, 4) is 0 Å². The molecule has 0 fully saturated rings. The van der Waals surface area contributed by atoms with Crippen molar-refractivity contribution in [1.82, 2.24) is 0 Å².